The van der Waals surface area contributed by atoms with Gasteiger partial charge in [-0.25, -0.2) is 15.0 Å². The summed E-state index contributed by atoms with van der Waals surface area (Å²) in [4.78, 5) is 19.9. The normalized spacial score (nSPS) is 10.7. The lowest BCUT2D eigenvalue weighted by Crippen LogP contribution is -2.10. The molecule has 6 heteroatoms. The number of benzene rings is 1. The Morgan fingerprint density at radius 2 is 1.69 bits per heavy atom. The van der Waals surface area contributed by atoms with Crippen LogP contribution in [0.25, 0.3) is 22.3 Å². The highest BCUT2D eigenvalue weighted by atomic mass is 15.1. The van der Waals surface area contributed by atoms with Gasteiger partial charge in [-0.2, -0.15) is 0 Å². The number of nitrogens with one attached hydrogen (secondary N) is 1. The number of aromatic nitrogens is 4. The summed E-state index contributed by atoms with van der Waals surface area (Å²) in [7, 11) is 3.93. The van der Waals surface area contributed by atoms with Gasteiger partial charge in [0.05, 0.1) is 17.4 Å². The Bertz CT molecular complexity index is 1030. The van der Waals surface area contributed by atoms with Crippen molar-refractivity contribution >= 4 is 28.2 Å². The van der Waals surface area contributed by atoms with Crippen molar-refractivity contribution in [1.29, 1.82) is 0 Å². The second-order valence-electron chi connectivity index (χ2n) is 6.07. The molecule has 128 valence electrons. The first kappa shape index (κ1) is 16.0. The third-order valence-electron chi connectivity index (χ3n) is 4.01. The average Bonchev–Trinajstić information content (AvgIpc) is 2.69. The number of fused-ring (bicyclic) bond motifs is 1. The van der Waals surface area contributed by atoms with Crippen LogP contribution in [0.5, 0.6) is 0 Å². The monoisotopic (exact) mass is 342 g/mol. The molecule has 1 N–H and O–H groups in total. The van der Waals surface area contributed by atoms with Crippen LogP contribution >= 0.6 is 0 Å². The zero-order valence-corrected chi connectivity index (χ0v) is 14.6. The quantitative estimate of drug-likeness (QED) is 0.607. The lowest BCUT2D eigenvalue weighted by molar-refractivity contribution is 1.07. The average molecular weight is 342 g/mol. The van der Waals surface area contributed by atoms with E-state index in [9.17, 15) is 0 Å². The minimum Gasteiger partial charge on any atom is -0.363 e. The molecular formula is C20H18N6. The third-order valence-corrected chi connectivity index (χ3v) is 4.01. The smallest absolute Gasteiger partial charge is 0.162 e. The van der Waals surface area contributed by atoms with Crippen LogP contribution in [0.4, 0.5) is 17.3 Å². The van der Waals surface area contributed by atoms with E-state index in [0.29, 0.717) is 5.82 Å². The van der Waals surface area contributed by atoms with Gasteiger partial charge in [-0.3, -0.25) is 4.98 Å². The Balaban J connectivity index is 1.78. The predicted octanol–water partition coefficient (Wildman–Crippen LogP) is 3.90. The molecule has 0 aliphatic rings. The predicted molar refractivity (Wildman–Crippen MR) is 105 cm³/mol. The van der Waals surface area contributed by atoms with Crippen molar-refractivity contribution < 1.29 is 0 Å². The highest BCUT2D eigenvalue weighted by Crippen LogP contribution is 2.27. The topological polar surface area (TPSA) is 66.8 Å². The summed E-state index contributed by atoms with van der Waals surface area (Å²) in [5, 5.41) is 4.34. The minimum atomic E-state index is 0.659. The van der Waals surface area contributed by atoms with Crippen molar-refractivity contribution in [2.45, 2.75) is 0 Å². The van der Waals surface area contributed by atoms with Crippen LogP contribution in [0, 0.1) is 0 Å². The van der Waals surface area contributed by atoms with Crippen LogP contribution in [0.2, 0.25) is 0 Å². The largest absolute Gasteiger partial charge is 0.363 e. The molecule has 26 heavy (non-hydrogen) atoms. The van der Waals surface area contributed by atoms with Crippen LogP contribution in [0.3, 0.4) is 0 Å². The zero-order valence-electron chi connectivity index (χ0n) is 14.6. The Morgan fingerprint density at radius 3 is 2.42 bits per heavy atom. The number of hydrogen-bond acceptors (Lipinski definition) is 6. The number of nitrogens with zero attached hydrogens (tertiary/aromatic N) is 5. The molecule has 0 saturated heterocycles. The molecule has 0 radical (unpaired) electrons. The number of para-hydroxylation sites is 1. The maximum atomic E-state index is 4.74. The fourth-order valence-corrected chi connectivity index (χ4v) is 2.66. The van der Waals surface area contributed by atoms with Crippen LogP contribution < -0.4 is 10.2 Å². The summed E-state index contributed by atoms with van der Waals surface area (Å²) in [5.74, 6) is 2.31. The molecule has 6 nitrogen and oxygen atoms in total. The van der Waals surface area contributed by atoms with Gasteiger partial charge in [-0.05, 0) is 36.4 Å². The van der Waals surface area contributed by atoms with Gasteiger partial charge in [0.15, 0.2) is 5.82 Å². The van der Waals surface area contributed by atoms with E-state index in [4.69, 9.17) is 4.98 Å². The molecule has 3 aromatic heterocycles. The van der Waals surface area contributed by atoms with Crippen LogP contribution in [0.1, 0.15) is 0 Å². The molecule has 0 fully saturated rings. The van der Waals surface area contributed by atoms with Gasteiger partial charge in [0, 0.05) is 37.4 Å². The number of rotatable bonds is 4. The second-order valence-corrected chi connectivity index (χ2v) is 6.07. The maximum Gasteiger partial charge on any atom is 0.162 e. The van der Waals surface area contributed by atoms with Crippen LogP contribution in [-0.4, -0.2) is 34.0 Å². The van der Waals surface area contributed by atoms with E-state index in [2.05, 4.69) is 20.3 Å². The molecule has 4 rings (SSSR count). The molecule has 0 spiro atoms. The van der Waals surface area contributed by atoms with Gasteiger partial charge in [-0.1, -0.05) is 12.1 Å². The van der Waals surface area contributed by atoms with Gasteiger partial charge in [-0.15, -0.1) is 0 Å². The van der Waals surface area contributed by atoms with E-state index in [0.717, 1.165) is 33.8 Å². The number of pyridine rings is 2. The first-order valence-electron chi connectivity index (χ1n) is 8.28. The summed E-state index contributed by atoms with van der Waals surface area (Å²) in [5.41, 5.74) is 2.68. The van der Waals surface area contributed by atoms with Gasteiger partial charge >= 0.3 is 0 Å². The highest BCUT2D eigenvalue weighted by Gasteiger charge is 2.10. The SMILES string of the molecule is CN(C)c1ccc(Nc2nc(-c3ccncc3)nc3ccccc23)cn1. The summed E-state index contributed by atoms with van der Waals surface area (Å²) in [6, 6.07) is 15.7. The number of anilines is 3. The maximum absolute atomic E-state index is 4.74. The van der Waals surface area contributed by atoms with Gasteiger partial charge in [0.2, 0.25) is 0 Å². The molecule has 0 saturated carbocycles. The molecule has 0 aliphatic heterocycles. The van der Waals surface area contributed by atoms with Gasteiger partial charge in [0.25, 0.3) is 0 Å². The summed E-state index contributed by atoms with van der Waals surface area (Å²) in [6.45, 7) is 0. The van der Waals surface area contributed by atoms with Crippen molar-refractivity contribution in [3.05, 3.63) is 67.1 Å². The molecule has 0 unspecified atom stereocenters. The van der Waals surface area contributed by atoms with Crippen molar-refractivity contribution in [2.24, 2.45) is 0 Å². The van der Waals surface area contributed by atoms with Crippen molar-refractivity contribution in [2.75, 3.05) is 24.3 Å². The molecule has 0 bridgehead atoms. The fraction of sp³-hybridized carbons (Fsp3) is 0.100. The first-order valence-corrected chi connectivity index (χ1v) is 8.28. The van der Waals surface area contributed by atoms with E-state index in [1.807, 2.05) is 67.5 Å². The van der Waals surface area contributed by atoms with Gasteiger partial charge < -0.3 is 10.2 Å². The Morgan fingerprint density at radius 1 is 0.885 bits per heavy atom. The lowest BCUT2D eigenvalue weighted by atomic mass is 10.2. The Hall–Kier alpha value is -3.54. The molecule has 4 aromatic rings. The standard InChI is InChI=1S/C20H18N6/c1-26(2)18-8-7-15(13-22-18)23-20-16-5-3-4-6-17(16)24-19(25-20)14-9-11-21-12-10-14/h3-13H,1-2H3,(H,23,24,25). The summed E-state index contributed by atoms with van der Waals surface area (Å²) in [6.07, 6.45) is 5.29. The minimum absolute atomic E-state index is 0.659. The van der Waals surface area contributed by atoms with E-state index < -0.39 is 0 Å². The third kappa shape index (κ3) is 3.17. The zero-order chi connectivity index (χ0) is 17.9. The second kappa shape index (κ2) is 6.76. The van der Waals surface area contributed by atoms with Crippen LogP contribution in [0.15, 0.2) is 67.1 Å². The Labute approximate surface area is 151 Å². The van der Waals surface area contributed by atoms with Gasteiger partial charge in [0.1, 0.15) is 11.6 Å². The van der Waals surface area contributed by atoms with E-state index in [1.54, 1.807) is 18.6 Å². The summed E-state index contributed by atoms with van der Waals surface area (Å²) >= 11 is 0. The molecular weight excluding hydrogens is 324 g/mol. The molecule has 3 heterocycles. The molecule has 0 atom stereocenters. The van der Waals surface area contributed by atoms with E-state index in [-0.39, 0.29) is 0 Å². The van der Waals surface area contributed by atoms with E-state index >= 15 is 0 Å². The van der Waals surface area contributed by atoms with Crippen molar-refractivity contribution in [1.82, 2.24) is 19.9 Å². The van der Waals surface area contributed by atoms with E-state index in [1.165, 1.54) is 0 Å². The molecule has 0 aliphatic carbocycles. The lowest BCUT2D eigenvalue weighted by Gasteiger charge is -2.13. The van der Waals surface area contributed by atoms with Crippen molar-refractivity contribution in [3.8, 4) is 11.4 Å². The van der Waals surface area contributed by atoms with Crippen LogP contribution in [-0.2, 0) is 0 Å². The first-order chi connectivity index (χ1) is 12.7. The molecule has 0 amide bonds. The summed E-state index contributed by atoms with van der Waals surface area (Å²) < 4.78 is 0. The number of hydrogen-bond donors (Lipinski definition) is 1. The highest BCUT2D eigenvalue weighted by molar-refractivity contribution is 5.92. The van der Waals surface area contributed by atoms with Crippen molar-refractivity contribution in [3.63, 3.8) is 0 Å². The Kier molecular flexibility index (Phi) is 4.15. The molecule has 1 aromatic carbocycles. The fourth-order valence-electron chi connectivity index (χ4n) is 2.66.